The molecule has 0 bridgehead atoms. The van der Waals surface area contributed by atoms with E-state index in [2.05, 4.69) is 57.1 Å². The fourth-order valence-corrected chi connectivity index (χ4v) is 1.65. The van der Waals surface area contributed by atoms with E-state index in [1.165, 1.54) is 0 Å². The van der Waals surface area contributed by atoms with Gasteiger partial charge in [-0.05, 0) is 43.9 Å². The van der Waals surface area contributed by atoms with Crippen LogP contribution in [0.3, 0.4) is 0 Å². The van der Waals surface area contributed by atoms with Crippen molar-refractivity contribution in [1.82, 2.24) is 14.9 Å². The Hall–Kier alpha value is -0.680. The van der Waals surface area contributed by atoms with Gasteiger partial charge in [-0.25, -0.2) is 9.97 Å². The molecule has 0 atom stereocenters. The smallest absolute Gasteiger partial charge is 0.144 e. The molecule has 0 unspecified atom stereocenters. The third kappa shape index (κ3) is 3.72. The molecule has 0 aliphatic rings. The van der Waals surface area contributed by atoms with Crippen LogP contribution < -0.4 is 5.32 Å². The molecule has 0 aliphatic carbocycles. The molecule has 0 saturated heterocycles. The van der Waals surface area contributed by atoms with Gasteiger partial charge in [0.25, 0.3) is 0 Å². The molecule has 0 fully saturated rings. The second kappa shape index (κ2) is 6.15. The summed E-state index contributed by atoms with van der Waals surface area (Å²) >= 11 is 3.50. The molecule has 90 valence electrons. The number of aryl methyl sites for hydroxylation is 1. The Balaban J connectivity index is 2.86. The van der Waals surface area contributed by atoms with Gasteiger partial charge in [-0.15, -0.1) is 0 Å². The van der Waals surface area contributed by atoms with Crippen LogP contribution >= 0.6 is 15.9 Å². The van der Waals surface area contributed by atoms with E-state index in [-0.39, 0.29) is 0 Å². The topological polar surface area (TPSA) is 41.1 Å². The highest BCUT2D eigenvalue weighted by atomic mass is 79.9. The van der Waals surface area contributed by atoms with Crippen molar-refractivity contribution in [3.05, 3.63) is 16.0 Å². The molecule has 0 radical (unpaired) electrons. The van der Waals surface area contributed by atoms with Crippen LogP contribution in [0.1, 0.15) is 18.4 Å². The summed E-state index contributed by atoms with van der Waals surface area (Å²) in [5, 5.41) is 3.23. The van der Waals surface area contributed by atoms with Crippen molar-refractivity contribution < 1.29 is 0 Å². The third-order valence-corrected chi connectivity index (χ3v) is 3.14. The maximum Gasteiger partial charge on any atom is 0.144 e. The van der Waals surface area contributed by atoms with Gasteiger partial charge >= 0.3 is 0 Å². The zero-order chi connectivity index (χ0) is 12.1. The molecule has 0 saturated carbocycles. The number of anilines is 1. The van der Waals surface area contributed by atoms with E-state index in [9.17, 15) is 0 Å². The Kier molecular flexibility index (Phi) is 5.15. The monoisotopic (exact) mass is 286 g/mol. The van der Waals surface area contributed by atoms with E-state index < -0.39 is 0 Å². The molecular weight excluding hydrogens is 268 g/mol. The van der Waals surface area contributed by atoms with Crippen LogP contribution in [-0.2, 0) is 6.42 Å². The van der Waals surface area contributed by atoms with Crippen molar-refractivity contribution in [2.24, 2.45) is 0 Å². The van der Waals surface area contributed by atoms with Crippen LogP contribution in [0.15, 0.2) is 4.47 Å². The van der Waals surface area contributed by atoms with Gasteiger partial charge < -0.3 is 10.2 Å². The Morgan fingerprint density at radius 2 is 2.00 bits per heavy atom. The van der Waals surface area contributed by atoms with Gasteiger partial charge in [0.2, 0.25) is 0 Å². The van der Waals surface area contributed by atoms with Gasteiger partial charge in [0.1, 0.15) is 11.6 Å². The van der Waals surface area contributed by atoms with E-state index >= 15 is 0 Å². The summed E-state index contributed by atoms with van der Waals surface area (Å²) in [7, 11) is 4.10. The fraction of sp³-hybridized carbons (Fsp3) is 0.636. The molecule has 1 aromatic heterocycles. The van der Waals surface area contributed by atoms with Gasteiger partial charge in [-0.1, -0.05) is 0 Å². The standard InChI is InChI=1S/C11H19BrN4/c1-5-13-11-10(12)8(2)14-9(15-11)6-7-16(3)4/h5-7H2,1-4H3,(H,13,14,15). The van der Waals surface area contributed by atoms with E-state index in [1.54, 1.807) is 0 Å². The van der Waals surface area contributed by atoms with E-state index in [0.29, 0.717) is 0 Å². The van der Waals surface area contributed by atoms with Crippen LogP contribution in [-0.4, -0.2) is 42.1 Å². The number of aromatic nitrogens is 2. The maximum atomic E-state index is 4.50. The highest BCUT2D eigenvalue weighted by molar-refractivity contribution is 9.10. The number of hydrogen-bond donors (Lipinski definition) is 1. The summed E-state index contributed by atoms with van der Waals surface area (Å²) in [6, 6.07) is 0. The first kappa shape index (κ1) is 13.4. The second-order valence-electron chi connectivity index (χ2n) is 3.97. The molecule has 0 amide bonds. The predicted octanol–water partition coefficient (Wildman–Crippen LogP) is 2.08. The SMILES string of the molecule is CCNc1nc(CCN(C)C)nc(C)c1Br. The molecule has 4 nitrogen and oxygen atoms in total. The molecule has 16 heavy (non-hydrogen) atoms. The number of nitrogens with one attached hydrogen (secondary N) is 1. The van der Waals surface area contributed by atoms with Crippen LogP contribution in [0.4, 0.5) is 5.82 Å². The molecule has 1 heterocycles. The lowest BCUT2D eigenvalue weighted by Gasteiger charge is -2.12. The molecule has 1 rings (SSSR count). The summed E-state index contributed by atoms with van der Waals surface area (Å²) in [5.74, 6) is 1.79. The summed E-state index contributed by atoms with van der Waals surface area (Å²) in [4.78, 5) is 11.1. The first-order valence-corrected chi connectivity index (χ1v) is 6.25. The van der Waals surface area contributed by atoms with Crippen molar-refractivity contribution >= 4 is 21.7 Å². The first-order valence-electron chi connectivity index (χ1n) is 5.46. The second-order valence-corrected chi connectivity index (χ2v) is 4.76. The first-order chi connectivity index (χ1) is 7.54. The number of rotatable bonds is 5. The Labute approximate surface area is 106 Å². The van der Waals surface area contributed by atoms with E-state index in [4.69, 9.17) is 0 Å². The molecule has 1 N–H and O–H groups in total. The van der Waals surface area contributed by atoms with Crippen molar-refractivity contribution in [2.75, 3.05) is 32.5 Å². The zero-order valence-electron chi connectivity index (χ0n) is 10.3. The largest absolute Gasteiger partial charge is 0.369 e. The van der Waals surface area contributed by atoms with Crippen molar-refractivity contribution in [3.8, 4) is 0 Å². The lowest BCUT2D eigenvalue weighted by molar-refractivity contribution is 0.409. The zero-order valence-corrected chi connectivity index (χ0v) is 11.9. The van der Waals surface area contributed by atoms with Crippen LogP contribution in [0.5, 0.6) is 0 Å². The van der Waals surface area contributed by atoms with Gasteiger partial charge in [0, 0.05) is 19.5 Å². The summed E-state index contributed by atoms with van der Waals surface area (Å²) in [5.41, 5.74) is 0.986. The Bertz CT molecular complexity index is 352. The quantitative estimate of drug-likeness (QED) is 0.900. The summed E-state index contributed by atoms with van der Waals surface area (Å²) in [6.07, 6.45) is 0.875. The highest BCUT2D eigenvalue weighted by Gasteiger charge is 2.08. The van der Waals surface area contributed by atoms with Crippen LogP contribution in [0.25, 0.3) is 0 Å². The van der Waals surface area contributed by atoms with Crippen LogP contribution in [0, 0.1) is 6.92 Å². The van der Waals surface area contributed by atoms with Crippen molar-refractivity contribution in [3.63, 3.8) is 0 Å². The van der Waals surface area contributed by atoms with E-state index in [0.717, 1.165) is 41.3 Å². The fourth-order valence-electron chi connectivity index (χ4n) is 1.34. The minimum Gasteiger partial charge on any atom is -0.369 e. The average molecular weight is 287 g/mol. The highest BCUT2D eigenvalue weighted by Crippen LogP contribution is 2.22. The number of likely N-dealkylation sites (N-methyl/N-ethyl adjacent to an activating group) is 1. The summed E-state index contributed by atoms with van der Waals surface area (Å²) < 4.78 is 0.961. The van der Waals surface area contributed by atoms with Gasteiger partial charge in [-0.2, -0.15) is 0 Å². The molecule has 0 aromatic carbocycles. The van der Waals surface area contributed by atoms with Gasteiger partial charge in [-0.3, -0.25) is 0 Å². The number of nitrogens with zero attached hydrogens (tertiary/aromatic N) is 3. The number of halogens is 1. The normalized spacial score (nSPS) is 10.9. The van der Waals surface area contributed by atoms with Crippen LogP contribution in [0.2, 0.25) is 0 Å². The lowest BCUT2D eigenvalue weighted by Crippen LogP contribution is -2.17. The van der Waals surface area contributed by atoms with Gasteiger partial charge in [0.05, 0.1) is 10.2 Å². The Morgan fingerprint density at radius 1 is 1.31 bits per heavy atom. The van der Waals surface area contributed by atoms with Crippen molar-refractivity contribution in [1.29, 1.82) is 0 Å². The summed E-state index contributed by atoms with van der Waals surface area (Å²) in [6.45, 7) is 5.88. The number of hydrogen-bond acceptors (Lipinski definition) is 4. The average Bonchev–Trinajstić information content (AvgIpc) is 2.22. The minimum absolute atomic E-state index is 0.863. The third-order valence-electron chi connectivity index (χ3n) is 2.19. The predicted molar refractivity (Wildman–Crippen MR) is 70.9 cm³/mol. The van der Waals surface area contributed by atoms with Crippen molar-refractivity contribution in [2.45, 2.75) is 20.3 Å². The molecule has 0 spiro atoms. The minimum atomic E-state index is 0.863. The van der Waals surface area contributed by atoms with E-state index in [1.807, 2.05) is 6.92 Å². The van der Waals surface area contributed by atoms with Gasteiger partial charge in [0.15, 0.2) is 0 Å². The molecular formula is C11H19BrN4. The molecule has 1 aromatic rings. The lowest BCUT2D eigenvalue weighted by atomic mass is 10.3. The molecule has 0 aliphatic heterocycles. The molecule has 5 heteroatoms. The Morgan fingerprint density at radius 3 is 2.56 bits per heavy atom. The maximum absolute atomic E-state index is 4.50.